The number of carbonyl (C=O) groups is 1. The van der Waals surface area contributed by atoms with Crippen LogP contribution in [0.1, 0.15) is 5.69 Å². The van der Waals surface area contributed by atoms with Gasteiger partial charge >= 0.3 is 0 Å². The molecule has 3 heterocycles. The number of amides is 1. The molecule has 0 atom stereocenters. The maximum atomic E-state index is 12.3. The van der Waals surface area contributed by atoms with Gasteiger partial charge in [0, 0.05) is 26.2 Å². The Kier molecular flexibility index (Phi) is 4.68. The highest BCUT2D eigenvalue weighted by atomic mass is 16.5. The molecular formula is C14H19N5O4. The Morgan fingerprint density at radius 3 is 2.96 bits per heavy atom. The smallest absolute Gasteiger partial charge is 0.267 e. The third-order valence-electron chi connectivity index (χ3n) is 3.80. The Labute approximate surface area is 132 Å². The van der Waals surface area contributed by atoms with Crippen molar-refractivity contribution < 1.29 is 14.1 Å². The molecule has 0 spiro atoms. The average Bonchev–Trinajstić information content (AvgIpc) is 2.93. The molecule has 9 nitrogen and oxygen atoms in total. The first-order valence-corrected chi connectivity index (χ1v) is 7.53. The van der Waals surface area contributed by atoms with E-state index in [4.69, 9.17) is 9.26 Å². The van der Waals surface area contributed by atoms with Gasteiger partial charge in [-0.05, 0) is 6.92 Å². The normalized spacial score (nSPS) is 15.9. The van der Waals surface area contributed by atoms with Crippen molar-refractivity contribution in [2.45, 2.75) is 13.5 Å². The molecule has 0 saturated carbocycles. The van der Waals surface area contributed by atoms with E-state index in [2.05, 4.69) is 20.4 Å². The first-order chi connectivity index (χ1) is 11.1. The zero-order valence-electron chi connectivity index (χ0n) is 12.9. The van der Waals surface area contributed by atoms with Crippen LogP contribution in [0.5, 0.6) is 0 Å². The first-order valence-electron chi connectivity index (χ1n) is 7.53. The number of nitrogens with one attached hydrogen (secondary N) is 1. The fourth-order valence-electron chi connectivity index (χ4n) is 2.51. The molecule has 2 aromatic rings. The quantitative estimate of drug-likeness (QED) is 0.764. The van der Waals surface area contributed by atoms with Crippen LogP contribution in [0.4, 0.5) is 0 Å². The van der Waals surface area contributed by atoms with E-state index in [0.717, 1.165) is 32.8 Å². The lowest BCUT2D eigenvalue weighted by Gasteiger charge is -2.26. The number of rotatable bonds is 5. The molecule has 1 amide bonds. The number of hydrogen-bond donors (Lipinski definition) is 1. The summed E-state index contributed by atoms with van der Waals surface area (Å²) in [5.74, 6) is -0.226. The predicted octanol–water partition coefficient (Wildman–Crippen LogP) is -0.859. The lowest BCUT2D eigenvalue weighted by Crippen LogP contribution is -2.42. The Hall–Kier alpha value is -2.26. The zero-order chi connectivity index (χ0) is 16.2. The highest BCUT2D eigenvalue weighted by Crippen LogP contribution is 2.09. The molecule has 1 aliphatic rings. The van der Waals surface area contributed by atoms with Gasteiger partial charge in [0.15, 0.2) is 0 Å². The number of aromatic nitrogens is 3. The fourth-order valence-corrected chi connectivity index (χ4v) is 2.51. The topological polar surface area (TPSA) is 102 Å². The second kappa shape index (κ2) is 6.88. The summed E-state index contributed by atoms with van der Waals surface area (Å²) in [6.45, 7) is 6.12. The minimum absolute atomic E-state index is 0.0739. The number of fused-ring (bicyclic) bond motifs is 1. The van der Waals surface area contributed by atoms with Gasteiger partial charge in [0.2, 0.25) is 5.91 Å². The lowest BCUT2D eigenvalue weighted by molar-refractivity contribution is -0.121. The summed E-state index contributed by atoms with van der Waals surface area (Å²) in [6, 6.07) is 0. The van der Waals surface area contributed by atoms with Crippen molar-refractivity contribution in [1.82, 2.24) is 24.9 Å². The molecule has 0 aliphatic carbocycles. The van der Waals surface area contributed by atoms with Crippen molar-refractivity contribution in [2.24, 2.45) is 0 Å². The summed E-state index contributed by atoms with van der Waals surface area (Å²) < 4.78 is 11.5. The molecule has 1 fully saturated rings. The Morgan fingerprint density at radius 2 is 2.17 bits per heavy atom. The minimum atomic E-state index is -0.322. The SMILES string of the molecule is Cc1noc2ncn(CC(=O)NCCN3CCOCC3)c(=O)c12. The maximum absolute atomic E-state index is 12.3. The van der Waals surface area contributed by atoms with Gasteiger partial charge in [-0.3, -0.25) is 19.1 Å². The standard InChI is InChI=1S/C14H19N5O4/c1-10-12-13(23-17-10)16-9-19(14(12)21)8-11(20)15-2-3-18-4-6-22-7-5-18/h9H,2-8H2,1H3,(H,15,20). The molecule has 0 unspecified atom stereocenters. The molecule has 124 valence electrons. The lowest BCUT2D eigenvalue weighted by atomic mass is 10.3. The highest BCUT2D eigenvalue weighted by molar-refractivity contribution is 5.77. The second-order valence-corrected chi connectivity index (χ2v) is 5.43. The van der Waals surface area contributed by atoms with Crippen molar-refractivity contribution in [3.63, 3.8) is 0 Å². The van der Waals surface area contributed by atoms with Crippen LogP contribution in [0.25, 0.3) is 11.1 Å². The van der Waals surface area contributed by atoms with Gasteiger partial charge in [-0.1, -0.05) is 5.16 Å². The van der Waals surface area contributed by atoms with Crippen LogP contribution in [0.3, 0.4) is 0 Å². The van der Waals surface area contributed by atoms with E-state index in [0.29, 0.717) is 17.6 Å². The molecule has 1 N–H and O–H groups in total. The summed E-state index contributed by atoms with van der Waals surface area (Å²) in [6.07, 6.45) is 1.30. The van der Waals surface area contributed by atoms with E-state index in [1.165, 1.54) is 10.9 Å². The van der Waals surface area contributed by atoms with Crippen molar-refractivity contribution >= 4 is 17.0 Å². The summed E-state index contributed by atoms with van der Waals surface area (Å²) in [7, 11) is 0. The van der Waals surface area contributed by atoms with Crippen LogP contribution >= 0.6 is 0 Å². The van der Waals surface area contributed by atoms with E-state index < -0.39 is 0 Å². The monoisotopic (exact) mass is 321 g/mol. The molecule has 2 aromatic heterocycles. The van der Waals surface area contributed by atoms with Gasteiger partial charge in [-0.25, -0.2) is 4.98 Å². The van der Waals surface area contributed by atoms with Gasteiger partial charge in [0.1, 0.15) is 18.3 Å². The van der Waals surface area contributed by atoms with Crippen LogP contribution < -0.4 is 10.9 Å². The predicted molar refractivity (Wildman–Crippen MR) is 81.1 cm³/mol. The second-order valence-electron chi connectivity index (χ2n) is 5.43. The highest BCUT2D eigenvalue weighted by Gasteiger charge is 2.14. The summed E-state index contributed by atoms with van der Waals surface area (Å²) in [5, 5.41) is 6.84. The van der Waals surface area contributed by atoms with Crippen molar-refractivity contribution in [3.8, 4) is 0 Å². The third kappa shape index (κ3) is 3.57. The molecule has 0 radical (unpaired) electrons. The van der Waals surface area contributed by atoms with Crippen LogP contribution in [0.15, 0.2) is 15.6 Å². The number of nitrogens with zero attached hydrogens (tertiary/aromatic N) is 4. The molecular weight excluding hydrogens is 302 g/mol. The van der Waals surface area contributed by atoms with Gasteiger partial charge in [-0.15, -0.1) is 0 Å². The van der Waals surface area contributed by atoms with E-state index in [1.807, 2.05) is 0 Å². The van der Waals surface area contributed by atoms with Crippen LogP contribution in [-0.4, -0.2) is 64.9 Å². The maximum Gasteiger partial charge on any atom is 0.267 e. The minimum Gasteiger partial charge on any atom is -0.379 e. The third-order valence-corrected chi connectivity index (χ3v) is 3.80. The fraction of sp³-hybridized carbons (Fsp3) is 0.571. The first kappa shape index (κ1) is 15.6. The summed E-state index contributed by atoms with van der Waals surface area (Å²) in [4.78, 5) is 30.5. The Morgan fingerprint density at radius 1 is 1.39 bits per heavy atom. The largest absolute Gasteiger partial charge is 0.379 e. The van der Waals surface area contributed by atoms with Crippen molar-refractivity contribution in [3.05, 3.63) is 22.4 Å². The van der Waals surface area contributed by atoms with E-state index >= 15 is 0 Å². The van der Waals surface area contributed by atoms with Gasteiger partial charge < -0.3 is 14.6 Å². The number of aryl methyl sites for hydroxylation is 1. The Bertz CT molecular complexity index is 747. The number of hydrogen-bond acceptors (Lipinski definition) is 7. The van der Waals surface area contributed by atoms with Gasteiger partial charge in [0.25, 0.3) is 11.3 Å². The average molecular weight is 321 g/mol. The van der Waals surface area contributed by atoms with E-state index in [-0.39, 0.29) is 23.7 Å². The Balaban J connectivity index is 1.56. The summed E-state index contributed by atoms with van der Waals surface area (Å²) >= 11 is 0. The van der Waals surface area contributed by atoms with Gasteiger partial charge in [0.05, 0.1) is 18.9 Å². The van der Waals surface area contributed by atoms with Crippen LogP contribution in [-0.2, 0) is 16.1 Å². The number of ether oxygens (including phenoxy) is 1. The number of morpholine rings is 1. The van der Waals surface area contributed by atoms with Crippen LogP contribution in [0, 0.1) is 6.92 Å². The molecule has 0 bridgehead atoms. The molecule has 9 heteroatoms. The van der Waals surface area contributed by atoms with Crippen LogP contribution in [0.2, 0.25) is 0 Å². The van der Waals surface area contributed by atoms with Gasteiger partial charge in [-0.2, -0.15) is 0 Å². The molecule has 3 rings (SSSR count). The summed E-state index contributed by atoms with van der Waals surface area (Å²) in [5.41, 5.74) is 0.341. The number of carbonyl (C=O) groups excluding carboxylic acids is 1. The molecule has 1 aliphatic heterocycles. The molecule has 1 saturated heterocycles. The van der Waals surface area contributed by atoms with E-state index in [1.54, 1.807) is 6.92 Å². The molecule has 23 heavy (non-hydrogen) atoms. The van der Waals surface area contributed by atoms with Crippen molar-refractivity contribution in [2.75, 3.05) is 39.4 Å². The molecule has 0 aromatic carbocycles. The van der Waals surface area contributed by atoms with Crippen molar-refractivity contribution in [1.29, 1.82) is 0 Å². The van der Waals surface area contributed by atoms with E-state index in [9.17, 15) is 9.59 Å². The zero-order valence-corrected chi connectivity index (χ0v) is 12.9.